The van der Waals surface area contributed by atoms with Crippen LogP contribution in [0.25, 0.3) is 21.8 Å². The number of rotatable bonds is 24. The molecule has 1 amide bonds. The SMILES string of the molecule is CCCCCCCCCCCCCCCCCC(=O)n1c2ccccc2c2c(OCC3CN(CCOc4ccccc4OC)C(=O)CO3)cccc21. The summed E-state index contributed by atoms with van der Waals surface area (Å²) in [5, 5.41) is 1.92. The number of amides is 1. The third kappa shape index (κ3) is 11.2. The summed E-state index contributed by atoms with van der Waals surface area (Å²) >= 11 is 0. The van der Waals surface area contributed by atoms with Crippen molar-refractivity contribution in [3.05, 3.63) is 66.7 Å². The first-order valence-electron chi connectivity index (χ1n) is 19.9. The molecule has 1 aromatic heterocycles. The van der Waals surface area contributed by atoms with Gasteiger partial charge in [0.2, 0.25) is 11.8 Å². The van der Waals surface area contributed by atoms with Gasteiger partial charge >= 0.3 is 0 Å². The van der Waals surface area contributed by atoms with E-state index in [1.54, 1.807) is 12.0 Å². The molecule has 1 fully saturated rings. The monoisotopic (exact) mass is 712 g/mol. The van der Waals surface area contributed by atoms with Crippen molar-refractivity contribution in [3.63, 3.8) is 0 Å². The van der Waals surface area contributed by atoms with Crippen molar-refractivity contribution in [2.24, 2.45) is 0 Å². The van der Waals surface area contributed by atoms with E-state index in [0.717, 1.165) is 34.6 Å². The van der Waals surface area contributed by atoms with Crippen molar-refractivity contribution in [2.75, 3.05) is 40.0 Å². The number of carbonyl (C=O) groups is 2. The van der Waals surface area contributed by atoms with Crippen LogP contribution in [0.4, 0.5) is 0 Å². The fraction of sp³-hybridized carbons (Fsp3) is 0.545. The number of hydrogen-bond donors (Lipinski definition) is 0. The fourth-order valence-corrected chi connectivity index (χ4v) is 7.32. The molecular formula is C44H60N2O6. The van der Waals surface area contributed by atoms with E-state index in [1.165, 1.54) is 83.5 Å². The van der Waals surface area contributed by atoms with Crippen molar-refractivity contribution < 1.29 is 28.5 Å². The van der Waals surface area contributed by atoms with Gasteiger partial charge in [0.1, 0.15) is 31.7 Å². The van der Waals surface area contributed by atoms with Crippen LogP contribution in [0.15, 0.2) is 66.7 Å². The molecule has 8 nitrogen and oxygen atoms in total. The molecule has 0 aliphatic carbocycles. The van der Waals surface area contributed by atoms with Gasteiger partial charge in [0.25, 0.3) is 0 Å². The molecule has 0 N–H and O–H groups in total. The van der Waals surface area contributed by atoms with E-state index < -0.39 is 0 Å². The maximum absolute atomic E-state index is 13.7. The van der Waals surface area contributed by atoms with Crippen molar-refractivity contribution >= 4 is 33.6 Å². The average Bonchev–Trinajstić information content (AvgIpc) is 3.51. The van der Waals surface area contributed by atoms with E-state index in [4.69, 9.17) is 18.9 Å². The largest absolute Gasteiger partial charge is 0.493 e. The lowest BCUT2D eigenvalue weighted by Gasteiger charge is -2.32. The molecule has 1 atom stereocenters. The van der Waals surface area contributed by atoms with Gasteiger partial charge in [-0.05, 0) is 36.8 Å². The van der Waals surface area contributed by atoms with Crippen molar-refractivity contribution in [1.82, 2.24) is 9.47 Å². The van der Waals surface area contributed by atoms with Gasteiger partial charge in [-0.25, -0.2) is 0 Å². The highest BCUT2D eigenvalue weighted by Gasteiger charge is 2.27. The summed E-state index contributed by atoms with van der Waals surface area (Å²) in [5.74, 6) is 2.06. The van der Waals surface area contributed by atoms with Crippen LogP contribution in [0.5, 0.6) is 17.2 Å². The lowest BCUT2D eigenvalue weighted by molar-refractivity contribution is -0.150. The molecule has 8 heteroatoms. The Morgan fingerprint density at radius 1 is 0.712 bits per heavy atom. The van der Waals surface area contributed by atoms with Crippen LogP contribution in [0.2, 0.25) is 0 Å². The van der Waals surface area contributed by atoms with Gasteiger partial charge in [-0.2, -0.15) is 0 Å². The molecule has 4 aromatic rings. The number of hydrogen-bond acceptors (Lipinski definition) is 6. The maximum Gasteiger partial charge on any atom is 0.248 e. The first kappa shape index (κ1) is 39.2. The molecule has 1 unspecified atom stereocenters. The Bertz CT molecular complexity index is 1680. The van der Waals surface area contributed by atoms with Gasteiger partial charge in [-0.3, -0.25) is 14.2 Å². The highest BCUT2D eigenvalue weighted by molar-refractivity contribution is 6.15. The number of para-hydroxylation sites is 3. The Labute approximate surface area is 310 Å². The van der Waals surface area contributed by atoms with Crippen LogP contribution in [-0.2, 0) is 9.53 Å². The Morgan fingerprint density at radius 3 is 2.00 bits per heavy atom. The number of carbonyl (C=O) groups excluding carboxylic acids is 2. The molecule has 282 valence electrons. The van der Waals surface area contributed by atoms with E-state index in [1.807, 2.05) is 65.2 Å². The maximum atomic E-state index is 13.7. The van der Waals surface area contributed by atoms with Crippen LogP contribution in [-0.4, -0.2) is 67.4 Å². The standard InChI is InChI=1S/C44H60N2O6/c1-3-4-5-6-7-8-9-10-11-12-13-14-15-16-17-29-42(47)46-37-24-19-18-23-36(37)44-38(46)25-22-28-41(44)52-33-35-32-45(43(48)34-51-35)30-31-50-40-27-21-20-26-39(40)49-2/h18-28,35H,3-17,29-34H2,1-2H3. The first-order chi connectivity index (χ1) is 25.6. The number of aromatic nitrogens is 1. The molecular weight excluding hydrogens is 652 g/mol. The minimum atomic E-state index is -0.292. The smallest absolute Gasteiger partial charge is 0.248 e. The zero-order valence-corrected chi connectivity index (χ0v) is 31.6. The number of methoxy groups -OCH3 is 1. The first-order valence-corrected chi connectivity index (χ1v) is 19.9. The Kier molecular flexibility index (Phi) is 16.2. The van der Waals surface area contributed by atoms with Crippen LogP contribution < -0.4 is 14.2 Å². The topological polar surface area (TPSA) is 79.2 Å². The Hall–Kier alpha value is -4.04. The van der Waals surface area contributed by atoms with Crippen LogP contribution in [0, 0.1) is 0 Å². The minimum absolute atomic E-state index is 0.00000321. The number of fused-ring (bicyclic) bond motifs is 3. The third-order valence-corrected chi connectivity index (χ3v) is 10.2. The molecule has 1 aliphatic heterocycles. The lowest BCUT2D eigenvalue weighted by Crippen LogP contribution is -2.49. The highest BCUT2D eigenvalue weighted by Crippen LogP contribution is 2.36. The highest BCUT2D eigenvalue weighted by atomic mass is 16.5. The molecule has 5 rings (SSSR count). The number of nitrogens with zero attached hydrogens (tertiary/aromatic N) is 2. The molecule has 2 heterocycles. The van der Waals surface area contributed by atoms with Crippen LogP contribution >= 0.6 is 0 Å². The van der Waals surface area contributed by atoms with Crippen molar-refractivity contribution in [1.29, 1.82) is 0 Å². The van der Waals surface area contributed by atoms with E-state index in [9.17, 15) is 9.59 Å². The van der Waals surface area contributed by atoms with E-state index in [2.05, 4.69) is 13.0 Å². The zero-order chi connectivity index (χ0) is 36.4. The van der Waals surface area contributed by atoms with E-state index in [-0.39, 0.29) is 31.1 Å². The summed E-state index contributed by atoms with van der Waals surface area (Å²) in [7, 11) is 1.61. The zero-order valence-electron chi connectivity index (χ0n) is 31.6. The van der Waals surface area contributed by atoms with Gasteiger partial charge in [0.15, 0.2) is 11.5 Å². The minimum Gasteiger partial charge on any atom is -0.493 e. The molecule has 3 aromatic carbocycles. The molecule has 1 saturated heterocycles. The normalized spacial score (nSPS) is 14.7. The number of morpholine rings is 1. The molecule has 52 heavy (non-hydrogen) atoms. The van der Waals surface area contributed by atoms with E-state index in [0.29, 0.717) is 43.4 Å². The number of ether oxygens (including phenoxy) is 4. The van der Waals surface area contributed by atoms with Crippen LogP contribution in [0.1, 0.15) is 114 Å². The second-order valence-corrected chi connectivity index (χ2v) is 14.2. The fourth-order valence-electron chi connectivity index (χ4n) is 7.32. The predicted molar refractivity (Wildman–Crippen MR) is 210 cm³/mol. The Morgan fingerprint density at radius 2 is 1.31 bits per heavy atom. The second kappa shape index (κ2) is 21.5. The molecule has 1 aliphatic rings. The second-order valence-electron chi connectivity index (χ2n) is 14.2. The van der Waals surface area contributed by atoms with Crippen molar-refractivity contribution in [3.8, 4) is 17.2 Å². The molecule has 0 saturated carbocycles. The summed E-state index contributed by atoms with van der Waals surface area (Å²) in [4.78, 5) is 28.1. The number of unbranched alkanes of at least 4 members (excludes halogenated alkanes) is 14. The van der Waals surface area contributed by atoms with Gasteiger partial charge in [0, 0.05) is 11.8 Å². The molecule has 0 bridgehead atoms. The summed E-state index contributed by atoms with van der Waals surface area (Å²) in [6.07, 6.45) is 19.8. The van der Waals surface area contributed by atoms with Crippen LogP contribution in [0.3, 0.4) is 0 Å². The van der Waals surface area contributed by atoms with Gasteiger partial charge in [0.05, 0.1) is 36.6 Å². The summed E-state index contributed by atoms with van der Waals surface area (Å²) in [5.41, 5.74) is 1.76. The average molecular weight is 713 g/mol. The molecule has 0 radical (unpaired) electrons. The third-order valence-electron chi connectivity index (χ3n) is 10.2. The Balaban J connectivity index is 1.08. The quantitative estimate of drug-likeness (QED) is 0.0673. The molecule has 0 spiro atoms. The van der Waals surface area contributed by atoms with Crippen molar-refractivity contribution in [2.45, 2.75) is 116 Å². The predicted octanol–water partition coefficient (Wildman–Crippen LogP) is 10.4. The van der Waals surface area contributed by atoms with Gasteiger partial charge in [-0.15, -0.1) is 0 Å². The lowest BCUT2D eigenvalue weighted by atomic mass is 10.0. The number of benzene rings is 3. The van der Waals surface area contributed by atoms with Gasteiger partial charge in [-0.1, -0.05) is 133 Å². The summed E-state index contributed by atoms with van der Waals surface area (Å²) < 4.78 is 25.4. The summed E-state index contributed by atoms with van der Waals surface area (Å²) in [6, 6.07) is 21.4. The van der Waals surface area contributed by atoms with E-state index >= 15 is 0 Å². The van der Waals surface area contributed by atoms with Gasteiger partial charge < -0.3 is 23.8 Å². The summed E-state index contributed by atoms with van der Waals surface area (Å²) in [6.45, 7) is 3.73.